The SMILES string of the molecule is COc1cccc(NC(=O)c2cc(-c3cccc4ccccc34)n[nH]2)c1. The first-order valence-corrected chi connectivity index (χ1v) is 8.23. The molecule has 5 nitrogen and oxygen atoms in total. The van der Waals surface area contributed by atoms with Crippen LogP contribution in [0.15, 0.2) is 72.8 Å². The van der Waals surface area contributed by atoms with Crippen molar-refractivity contribution in [2.24, 2.45) is 0 Å². The lowest BCUT2D eigenvalue weighted by Gasteiger charge is -2.05. The van der Waals surface area contributed by atoms with Crippen LogP contribution in [0.3, 0.4) is 0 Å². The molecule has 26 heavy (non-hydrogen) atoms. The molecule has 5 heteroatoms. The van der Waals surface area contributed by atoms with Crippen LogP contribution in [0, 0.1) is 0 Å². The second kappa shape index (κ2) is 6.72. The Morgan fingerprint density at radius 1 is 1.00 bits per heavy atom. The van der Waals surface area contributed by atoms with Gasteiger partial charge in [0, 0.05) is 17.3 Å². The molecular weight excluding hydrogens is 326 g/mol. The first kappa shape index (κ1) is 15.9. The monoisotopic (exact) mass is 343 g/mol. The minimum atomic E-state index is -0.253. The van der Waals surface area contributed by atoms with Crippen LogP contribution in [-0.2, 0) is 0 Å². The summed E-state index contributed by atoms with van der Waals surface area (Å²) in [6, 6.07) is 23.1. The second-order valence-electron chi connectivity index (χ2n) is 5.88. The number of anilines is 1. The van der Waals surface area contributed by atoms with E-state index in [9.17, 15) is 4.79 Å². The number of amides is 1. The number of hydrogen-bond acceptors (Lipinski definition) is 3. The van der Waals surface area contributed by atoms with Gasteiger partial charge in [-0.15, -0.1) is 0 Å². The van der Waals surface area contributed by atoms with Crippen molar-refractivity contribution in [3.05, 3.63) is 78.5 Å². The Morgan fingerprint density at radius 2 is 1.81 bits per heavy atom. The van der Waals surface area contributed by atoms with Crippen molar-refractivity contribution in [2.75, 3.05) is 12.4 Å². The quantitative estimate of drug-likeness (QED) is 0.574. The number of rotatable bonds is 4. The molecule has 0 saturated heterocycles. The van der Waals surface area contributed by atoms with E-state index in [-0.39, 0.29) is 5.91 Å². The first-order chi connectivity index (χ1) is 12.7. The van der Waals surface area contributed by atoms with Crippen LogP contribution >= 0.6 is 0 Å². The molecule has 0 aliphatic rings. The topological polar surface area (TPSA) is 67.0 Å². The zero-order valence-corrected chi connectivity index (χ0v) is 14.2. The number of hydrogen-bond donors (Lipinski definition) is 2. The Morgan fingerprint density at radius 3 is 2.69 bits per heavy atom. The third-order valence-corrected chi connectivity index (χ3v) is 4.22. The Kier molecular flexibility index (Phi) is 4.11. The summed E-state index contributed by atoms with van der Waals surface area (Å²) in [6.45, 7) is 0. The third-order valence-electron chi connectivity index (χ3n) is 4.22. The van der Waals surface area contributed by atoms with Gasteiger partial charge in [-0.2, -0.15) is 5.10 Å². The Hall–Kier alpha value is -3.60. The van der Waals surface area contributed by atoms with E-state index in [4.69, 9.17) is 4.74 Å². The van der Waals surface area contributed by atoms with Crippen LogP contribution < -0.4 is 10.1 Å². The van der Waals surface area contributed by atoms with Crippen molar-refractivity contribution in [3.63, 3.8) is 0 Å². The normalized spacial score (nSPS) is 10.7. The van der Waals surface area contributed by atoms with Crippen molar-refractivity contribution >= 4 is 22.4 Å². The van der Waals surface area contributed by atoms with Gasteiger partial charge in [0.05, 0.1) is 12.8 Å². The molecule has 0 radical (unpaired) electrons. The molecule has 2 N–H and O–H groups in total. The van der Waals surface area contributed by atoms with Crippen LogP contribution in [0.1, 0.15) is 10.5 Å². The third kappa shape index (κ3) is 3.02. The molecule has 0 spiro atoms. The smallest absolute Gasteiger partial charge is 0.273 e. The van der Waals surface area contributed by atoms with Gasteiger partial charge in [0.1, 0.15) is 11.4 Å². The number of benzene rings is 3. The van der Waals surface area contributed by atoms with E-state index < -0.39 is 0 Å². The maximum Gasteiger partial charge on any atom is 0.273 e. The van der Waals surface area contributed by atoms with Crippen LogP contribution in [0.2, 0.25) is 0 Å². The lowest BCUT2D eigenvalue weighted by Crippen LogP contribution is -2.12. The number of aromatic nitrogens is 2. The molecule has 0 bridgehead atoms. The summed E-state index contributed by atoms with van der Waals surface area (Å²) in [5.41, 5.74) is 2.78. The highest BCUT2D eigenvalue weighted by atomic mass is 16.5. The fourth-order valence-corrected chi connectivity index (χ4v) is 2.92. The highest BCUT2D eigenvalue weighted by Crippen LogP contribution is 2.27. The van der Waals surface area contributed by atoms with Gasteiger partial charge < -0.3 is 10.1 Å². The molecule has 4 aromatic rings. The lowest BCUT2D eigenvalue weighted by molar-refractivity contribution is 0.102. The maximum atomic E-state index is 12.5. The van der Waals surface area contributed by atoms with E-state index in [0.29, 0.717) is 17.1 Å². The summed E-state index contributed by atoms with van der Waals surface area (Å²) in [5, 5.41) is 12.2. The molecule has 0 atom stereocenters. The van der Waals surface area contributed by atoms with Crippen LogP contribution in [0.5, 0.6) is 5.75 Å². The number of carbonyl (C=O) groups excluding carboxylic acids is 1. The van der Waals surface area contributed by atoms with Gasteiger partial charge in [-0.05, 0) is 29.0 Å². The average molecular weight is 343 g/mol. The van der Waals surface area contributed by atoms with Crippen molar-refractivity contribution in [3.8, 4) is 17.0 Å². The minimum Gasteiger partial charge on any atom is -0.497 e. The predicted molar refractivity (Wildman–Crippen MR) is 102 cm³/mol. The molecule has 0 fully saturated rings. The van der Waals surface area contributed by atoms with E-state index in [0.717, 1.165) is 22.0 Å². The number of fused-ring (bicyclic) bond motifs is 1. The van der Waals surface area contributed by atoms with Crippen molar-refractivity contribution in [1.29, 1.82) is 0 Å². The number of aromatic amines is 1. The van der Waals surface area contributed by atoms with E-state index in [1.807, 2.05) is 42.5 Å². The largest absolute Gasteiger partial charge is 0.497 e. The fourth-order valence-electron chi connectivity index (χ4n) is 2.92. The Balaban J connectivity index is 1.62. The molecule has 4 rings (SSSR count). The summed E-state index contributed by atoms with van der Waals surface area (Å²) in [5.74, 6) is 0.432. The molecule has 0 aliphatic carbocycles. The lowest BCUT2D eigenvalue weighted by atomic mass is 10.0. The van der Waals surface area contributed by atoms with Gasteiger partial charge in [-0.1, -0.05) is 48.5 Å². The van der Waals surface area contributed by atoms with E-state index in [1.165, 1.54) is 0 Å². The number of H-pyrrole nitrogens is 1. The van der Waals surface area contributed by atoms with E-state index in [2.05, 4.69) is 33.7 Å². The van der Waals surface area contributed by atoms with Crippen molar-refractivity contribution in [1.82, 2.24) is 10.2 Å². The molecule has 0 aliphatic heterocycles. The number of carbonyl (C=O) groups is 1. The number of ether oxygens (including phenoxy) is 1. The highest BCUT2D eigenvalue weighted by molar-refractivity contribution is 6.04. The molecule has 0 saturated carbocycles. The van der Waals surface area contributed by atoms with Crippen LogP contribution in [0.25, 0.3) is 22.0 Å². The van der Waals surface area contributed by atoms with E-state index >= 15 is 0 Å². The second-order valence-corrected chi connectivity index (χ2v) is 5.88. The zero-order valence-electron chi connectivity index (χ0n) is 14.2. The predicted octanol–water partition coefficient (Wildman–Crippen LogP) is 4.49. The van der Waals surface area contributed by atoms with Crippen molar-refractivity contribution < 1.29 is 9.53 Å². The van der Waals surface area contributed by atoms with Gasteiger partial charge in [0.15, 0.2) is 0 Å². The number of methoxy groups -OCH3 is 1. The standard InChI is InChI=1S/C21H17N3O2/c1-26-16-9-5-8-15(12-16)22-21(25)20-13-19(23-24-20)18-11-4-7-14-6-2-3-10-17(14)18/h2-13H,1H3,(H,22,25)(H,23,24). The van der Waals surface area contributed by atoms with Gasteiger partial charge in [0.2, 0.25) is 0 Å². The molecule has 1 heterocycles. The van der Waals surface area contributed by atoms with Crippen molar-refractivity contribution in [2.45, 2.75) is 0 Å². The van der Waals surface area contributed by atoms with Gasteiger partial charge >= 0.3 is 0 Å². The number of nitrogens with one attached hydrogen (secondary N) is 2. The van der Waals surface area contributed by atoms with Crippen LogP contribution in [0.4, 0.5) is 5.69 Å². The molecule has 1 amide bonds. The fraction of sp³-hybridized carbons (Fsp3) is 0.0476. The van der Waals surface area contributed by atoms with Gasteiger partial charge in [0.25, 0.3) is 5.91 Å². The average Bonchev–Trinajstić information content (AvgIpc) is 3.18. The van der Waals surface area contributed by atoms with E-state index in [1.54, 1.807) is 19.2 Å². The minimum absolute atomic E-state index is 0.253. The van der Waals surface area contributed by atoms with Gasteiger partial charge in [-0.25, -0.2) is 0 Å². The summed E-state index contributed by atoms with van der Waals surface area (Å²) < 4.78 is 5.17. The van der Waals surface area contributed by atoms with Crippen LogP contribution in [-0.4, -0.2) is 23.2 Å². The highest BCUT2D eigenvalue weighted by Gasteiger charge is 2.13. The summed E-state index contributed by atoms with van der Waals surface area (Å²) in [7, 11) is 1.59. The zero-order chi connectivity index (χ0) is 17.9. The summed E-state index contributed by atoms with van der Waals surface area (Å²) >= 11 is 0. The number of nitrogens with zero attached hydrogens (tertiary/aromatic N) is 1. The Bertz CT molecular complexity index is 1080. The molecule has 1 aromatic heterocycles. The first-order valence-electron chi connectivity index (χ1n) is 8.23. The van der Waals surface area contributed by atoms with Gasteiger partial charge in [-0.3, -0.25) is 9.89 Å². The summed E-state index contributed by atoms with van der Waals surface area (Å²) in [4.78, 5) is 12.5. The maximum absolute atomic E-state index is 12.5. The molecule has 0 unspecified atom stereocenters. The molecule has 128 valence electrons. The molecular formula is C21H17N3O2. The Labute approximate surface area is 150 Å². The molecule has 3 aromatic carbocycles. The summed E-state index contributed by atoms with van der Waals surface area (Å²) in [6.07, 6.45) is 0.